The van der Waals surface area contributed by atoms with E-state index < -0.39 is 11.9 Å². The van der Waals surface area contributed by atoms with Crippen molar-refractivity contribution in [2.75, 3.05) is 0 Å². The summed E-state index contributed by atoms with van der Waals surface area (Å²) >= 11 is 0. The number of carbonyl (C=O) groups excluding carboxylic acids is 1. The van der Waals surface area contributed by atoms with E-state index in [2.05, 4.69) is 34.6 Å². The van der Waals surface area contributed by atoms with Crippen molar-refractivity contribution >= 4 is 11.9 Å². The molecule has 0 fully saturated rings. The van der Waals surface area contributed by atoms with Crippen molar-refractivity contribution in [2.45, 2.75) is 139 Å². The first kappa shape index (κ1) is 32.9. The van der Waals surface area contributed by atoms with E-state index in [0.29, 0.717) is 5.75 Å². The third kappa shape index (κ3) is 9.99. The standard InChI is InChI=1S/C34H54O5/c1-22(2)13-10-14-23(3)15-11-16-24(4)17-12-19-34(9)20-18-29-28(8)31(26(6)27(7)32(29)39-34)38-30(35)21-25(5)33(36)37/h21-24H,10-20H2,1-9H3,(H,36,37)/b25-21-. The first-order valence-electron chi connectivity index (χ1n) is 15.2. The largest absolute Gasteiger partial charge is 0.487 e. The highest BCUT2D eigenvalue weighted by atomic mass is 16.5. The molecule has 0 saturated heterocycles. The average Bonchev–Trinajstić information content (AvgIpc) is 2.84. The second-order valence-corrected chi connectivity index (χ2v) is 13.0. The maximum Gasteiger partial charge on any atom is 0.336 e. The number of carboxylic acids is 1. The Hall–Kier alpha value is -2.30. The van der Waals surface area contributed by atoms with E-state index in [4.69, 9.17) is 14.6 Å². The molecule has 0 bridgehead atoms. The summed E-state index contributed by atoms with van der Waals surface area (Å²) in [6.45, 7) is 19.0. The fraction of sp³-hybridized carbons (Fsp3) is 0.706. The number of carbonyl (C=O) groups is 2. The molecule has 0 aliphatic carbocycles. The highest BCUT2D eigenvalue weighted by Gasteiger charge is 2.34. The van der Waals surface area contributed by atoms with Gasteiger partial charge in [0.25, 0.3) is 0 Å². The van der Waals surface area contributed by atoms with Crippen LogP contribution in [-0.2, 0) is 16.0 Å². The Morgan fingerprint density at radius 2 is 1.49 bits per heavy atom. The molecule has 0 amide bonds. The molecular formula is C34H54O5. The highest BCUT2D eigenvalue weighted by molar-refractivity contribution is 5.95. The summed E-state index contributed by atoms with van der Waals surface area (Å²) in [5, 5.41) is 9.05. The van der Waals surface area contributed by atoms with E-state index in [1.807, 2.05) is 20.8 Å². The SMILES string of the molecule is C/C(=C/C(=O)Oc1c(C)c(C)c2c(c1C)CCC(C)(CCCC(C)CCCC(C)CCCC(C)C)O2)C(=O)O. The molecule has 2 rings (SSSR count). The Labute approximate surface area is 237 Å². The highest BCUT2D eigenvalue weighted by Crippen LogP contribution is 2.45. The van der Waals surface area contributed by atoms with Crippen LogP contribution < -0.4 is 9.47 Å². The van der Waals surface area contributed by atoms with E-state index in [1.165, 1.54) is 58.3 Å². The summed E-state index contributed by atoms with van der Waals surface area (Å²) < 4.78 is 12.3. The number of hydrogen-bond acceptors (Lipinski definition) is 4. The molecule has 5 heteroatoms. The molecule has 0 aromatic heterocycles. The van der Waals surface area contributed by atoms with Crippen LogP contribution in [0.4, 0.5) is 0 Å². The molecular weight excluding hydrogens is 488 g/mol. The second kappa shape index (κ2) is 14.9. The molecule has 0 saturated carbocycles. The Morgan fingerprint density at radius 3 is 2.05 bits per heavy atom. The molecule has 1 N–H and O–H groups in total. The third-order valence-corrected chi connectivity index (χ3v) is 8.71. The predicted octanol–water partition coefficient (Wildman–Crippen LogP) is 9.07. The van der Waals surface area contributed by atoms with Crippen molar-refractivity contribution in [1.82, 2.24) is 0 Å². The van der Waals surface area contributed by atoms with Crippen LogP contribution in [0.1, 0.15) is 128 Å². The van der Waals surface area contributed by atoms with Gasteiger partial charge >= 0.3 is 11.9 Å². The summed E-state index contributed by atoms with van der Waals surface area (Å²) in [4.78, 5) is 23.4. The lowest BCUT2D eigenvalue weighted by Gasteiger charge is -2.38. The first-order valence-corrected chi connectivity index (χ1v) is 15.2. The molecule has 220 valence electrons. The Kier molecular flexibility index (Phi) is 12.6. The minimum absolute atomic E-state index is 0.0509. The van der Waals surface area contributed by atoms with E-state index in [0.717, 1.165) is 71.1 Å². The fourth-order valence-electron chi connectivity index (χ4n) is 5.78. The average molecular weight is 543 g/mol. The molecule has 1 aliphatic rings. The topological polar surface area (TPSA) is 72.8 Å². The zero-order valence-corrected chi connectivity index (χ0v) is 26.2. The van der Waals surface area contributed by atoms with E-state index in [-0.39, 0.29) is 11.2 Å². The second-order valence-electron chi connectivity index (χ2n) is 13.0. The maximum absolute atomic E-state index is 12.4. The summed E-state index contributed by atoms with van der Waals surface area (Å²) in [5.74, 6) is 2.04. The third-order valence-electron chi connectivity index (χ3n) is 8.71. The van der Waals surface area contributed by atoms with Crippen LogP contribution >= 0.6 is 0 Å². The van der Waals surface area contributed by atoms with Gasteiger partial charge in [0.15, 0.2) is 0 Å². The van der Waals surface area contributed by atoms with Crippen molar-refractivity contribution in [3.63, 3.8) is 0 Å². The van der Waals surface area contributed by atoms with Crippen LogP contribution in [0.5, 0.6) is 11.5 Å². The van der Waals surface area contributed by atoms with Crippen LogP contribution in [0.15, 0.2) is 11.6 Å². The van der Waals surface area contributed by atoms with Gasteiger partial charge in [0.05, 0.1) is 0 Å². The lowest BCUT2D eigenvalue weighted by atomic mass is 9.83. The summed E-state index contributed by atoms with van der Waals surface area (Å²) in [6, 6.07) is 0. The zero-order chi connectivity index (χ0) is 29.3. The van der Waals surface area contributed by atoms with Gasteiger partial charge in [-0.2, -0.15) is 0 Å². The molecule has 1 aromatic carbocycles. The summed E-state index contributed by atoms with van der Waals surface area (Å²) in [5.41, 5.74) is 3.59. The smallest absolute Gasteiger partial charge is 0.336 e. The van der Waals surface area contributed by atoms with Crippen LogP contribution in [0.25, 0.3) is 0 Å². The number of ether oxygens (including phenoxy) is 2. The molecule has 0 spiro atoms. The van der Waals surface area contributed by atoms with Crippen LogP contribution in [0.2, 0.25) is 0 Å². The van der Waals surface area contributed by atoms with Gasteiger partial charge < -0.3 is 14.6 Å². The quantitative estimate of drug-likeness (QED) is 0.136. The number of aliphatic carboxylic acids is 1. The van der Waals surface area contributed by atoms with Crippen LogP contribution in [0, 0.1) is 38.5 Å². The fourth-order valence-corrected chi connectivity index (χ4v) is 5.78. The van der Waals surface area contributed by atoms with Gasteiger partial charge in [0.2, 0.25) is 0 Å². The maximum atomic E-state index is 12.4. The van der Waals surface area contributed by atoms with Gasteiger partial charge in [-0.3, -0.25) is 0 Å². The number of fused-ring (bicyclic) bond motifs is 1. The first-order chi connectivity index (χ1) is 18.2. The molecule has 5 nitrogen and oxygen atoms in total. The summed E-state index contributed by atoms with van der Waals surface area (Å²) in [7, 11) is 0. The number of carboxylic acid groups (broad SMARTS) is 1. The Balaban J connectivity index is 1.91. The predicted molar refractivity (Wildman–Crippen MR) is 160 cm³/mol. The van der Waals surface area contributed by atoms with Gasteiger partial charge in [0, 0.05) is 17.2 Å². The molecule has 0 radical (unpaired) electrons. The van der Waals surface area contributed by atoms with Crippen molar-refractivity contribution in [2.24, 2.45) is 17.8 Å². The lowest BCUT2D eigenvalue weighted by Crippen LogP contribution is -2.37. The van der Waals surface area contributed by atoms with Gasteiger partial charge in [-0.1, -0.05) is 72.6 Å². The monoisotopic (exact) mass is 542 g/mol. The normalized spacial score (nSPS) is 18.9. The lowest BCUT2D eigenvalue weighted by molar-refractivity contribution is -0.134. The van der Waals surface area contributed by atoms with Crippen LogP contribution in [-0.4, -0.2) is 22.6 Å². The molecule has 3 atom stereocenters. The van der Waals surface area contributed by atoms with Crippen LogP contribution in [0.3, 0.4) is 0 Å². The van der Waals surface area contributed by atoms with Crippen molar-refractivity contribution in [3.05, 3.63) is 33.9 Å². The number of rotatable bonds is 15. The number of esters is 1. The number of benzene rings is 1. The van der Waals surface area contributed by atoms with E-state index in [1.54, 1.807) is 0 Å². The Morgan fingerprint density at radius 1 is 0.923 bits per heavy atom. The van der Waals surface area contributed by atoms with E-state index >= 15 is 0 Å². The zero-order valence-electron chi connectivity index (χ0n) is 26.2. The van der Waals surface area contributed by atoms with E-state index in [9.17, 15) is 9.59 Å². The molecule has 3 unspecified atom stereocenters. The molecule has 1 heterocycles. The van der Waals surface area contributed by atoms with Gasteiger partial charge in [-0.05, 0) is 94.7 Å². The van der Waals surface area contributed by atoms with Gasteiger partial charge in [-0.15, -0.1) is 0 Å². The minimum Gasteiger partial charge on any atom is -0.487 e. The number of hydrogen-bond donors (Lipinski definition) is 1. The Bertz CT molecular complexity index is 1020. The summed E-state index contributed by atoms with van der Waals surface area (Å²) in [6.07, 6.45) is 14.4. The van der Waals surface area contributed by atoms with Crippen molar-refractivity contribution in [3.8, 4) is 11.5 Å². The minimum atomic E-state index is -1.13. The van der Waals surface area contributed by atoms with Crippen molar-refractivity contribution in [1.29, 1.82) is 0 Å². The van der Waals surface area contributed by atoms with Gasteiger partial charge in [0.1, 0.15) is 17.1 Å². The molecule has 39 heavy (non-hydrogen) atoms. The van der Waals surface area contributed by atoms with Gasteiger partial charge in [-0.25, -0.2) is 9.59 Å². The van der Waals surface area contributed by atoms with Crippen molar-refractivity contribution < 1.29 is 24.2 Å². The molecule has 1 aromatic rings. The molecule has 1 aliphatic heterocycles.